The molecule has 0 aromatic heterocycles. The van der Waals surface area contributed by atoms with Gasteiger partial charge in [-0.05, 0) is 57.7 Å². The first-order valence-electron chi connectivity index (χ1n) is 8.67. The summed E-state index contributed by atoms with van der Waals surface area (Å²) in [4.78, 5) is 12.1. The van der Waals surface area contributed by atoms with Crippen LogP contribution in [0.5, 0.6) is 0 Å². The molecule has 25 heavy (non-hydrogen) atoms. The van der Waals surface area contributed by atoms with Gasteiger partial charge in [0.2, 0.25) is 15.9 Å². The van der Waals surface area contributed by atoms with Crippen molar-refractivity contribution in [1.82, 2.24) is 10.0 Å². The Morgan fingerprint density at radius 2 is 1.92 bits per heavy atom. The normalized spacial score (nSPS) is 18.3. The molecule has 7 heteroatoms. The summed E-state index contributed by atoms with van der Waals surface area (Å²) in [5, 5.41) is 2.89. The topological polar surface area (TPSA) is 84.5 Å². The van der Waals surface area contributed by atoms with Gasteiger partial charge in [-0.1, -0.05) is 12.1 Å². The lowest BCUT2D eigenvalue weighted by atomic mass is 10.1. The molecule has 0 spiro atoms. The first-order valence-corrected chi connectivity index (χ1v) is 10.2. The predicted octanol–water partition coefficient (Wildman–Crippen LogP) is 1.99. The molecule has 1 aromatic carbocycles. The van der Waals surface area contributed by atoms with Gasteiger partial charge in [-0.3, -0.25) is 4.79 Å². The minimum Gasteiger partial charge on any atom is -0.376 e. The van der Waals surface area contributed by atoms with Gasteiger partial charge in [-0.25, -0.2) is 13.1 Å². The van der Waals surface area contributed by atoms with Gasteiger partial charge in [-0.2, -0.15) is 0 Å². The highest BCUT2D eigenvalue weighted by Gasteiger charge is 2.21. The number of aryl methyl sites for hydroxylation is 1. The van der Waals surface area contributed by atoms with Crippen molar-refractivity contribution in [3.8, 4) is 0 Å². The van der Waals surface area contributed by atoms with E-state index in [4.69, 9.17) is 4.74 Å². The number of carbonyl (C=O) groups is 1. The smallest absolute Gasteiger partial charge is 0.241 e. The van der Waals surface area contributed by atoms with Crippen LogP contribution in [-0.2, 0) is 26.0 Å². The third kappa shape index (κ3) is 6.76. The predicted molar refractivity (Wildman–Crippen MR) is 96.8 cm³/mol. The van der Waals surface area contributed by atoms with Crippen LogP contribution in [0.4, 0.5) is 0 Å². The van der Waals surface area contributed by atoms with Crippen LogP contribution in [0.3, 0.4) is 0 Å². The van der Waals surface area contributed by atoms with E-state index in [1.54, 1.807) is 45.0 Å². The second kappa shape index (κ2) is 8.29. The number of nitrogens with one attached hydrogen (secondary N) is 2. The number of rotatable bonds is 7. The molecule has 140 valence electrons. The van der Waals surface area contributed by atoms with Gasteiger partial charge in [-0.15, -0.1) is 0 Å². The van der Waals surface area contributed by atoms with Crippen molar-refractivity contribution in [3.63, 3.8) is 0 Å². The maximum absolute atomic E-state index is 12.2. The molecule has 2 N–H and O–H groups in total. The number of hydrogen-bond acceptors (Lipinski definition) is 4. The Kier molecular flexibility index (Phi) is 6.59. The van der Waals surface area contributed by atoms with Crippen molar-refractivity contribution < 1.29 is 17.9 Å². The molecule has 1 atom stereocenters. The Labute approximate surface area is 150 Å². The van der Waals surface area contributed by atoms with Crippen LogP contribution in [-0.4, -0.2) is 39.1 Å². The second-order valence-electron chi connectivity index (χ2n) is 7.44. The molecule has 1 aliphatic rings. The van der Waals surface area contributed by atoms with Gasteiger partial charge in [0.15, 0.2) is 0 Å². The third-order valence-electron chi connectivity index (χ3n) is 3.87. The van der Waals surface area contributed by atoms with Crippen LogP contribution in [0, 0.1) is 0 Å². The van der Waals surface area contributed by atoms with Crippen LogP contribution in [0.2, 0.25) is 0 Å². The summed E-state index contributed by atoms with van der Waals surface area (Å²) in [5.74, 6) is -0.0124. The Hall–Kier alpha value is -1.44. The van der Waals surface area contributed by atoms with E-state index in [0.717, 1.165) is 25.0 Å². The summed E-state index contributed by atoms with van der Waals surface area (Å²) in [6, 6.07) is 6.66. The summed E-state index contributed by atoms with van der Waals surface area (Å²) in [5.41, 5.74) is 0.403. The number of ether oxygens (including phenoxy) is 1. The highest BCUT2D eigenvalue weighted by Crippen LogP contribution is 2.15. The second-order valence-corrected chi connectivity index (χ2v) is 9.12. The van der Waals surface area contributed by atoms with E-state index >= 15 is 0 Å². The first kappa shape index (κ1) is 19.9. The molecule has 2 rings (SSSR count). The lowest BCUT2D eigenvalue weighted by Gasteiger charge is -2.20. The zero-order valence-electron chi connectivity index (χ0n) is 15.2. The molecule has 1 heterocycles. The van der Waals surface area contributed by atoms with Gasteiger partial charge in [0.25, 0.3) is 0 Å². The number of sulfonamides is 1. The van der Waals surface area contributed by atoms with Gasteiger partial charge < -0.3 is 10.1 Å². The molecule has 0 aliphatic carbocycles. The zero-order chi connectivity index (χ0) is 18.5. The average Bonchev–Trinajstić information content (AvgIpc) is 3.02. The van der Waals surface area contributed by atoms with E-state index in [9.17, 15) is 13.2 Å². The number of benzene rings is 1. The standard InChI is InChI=1S/C18H28N2O4S/c1-18(2,3)20-25(22,23)16-9-6-14(7-10-16)8-11-17(21)19-13-15-5-4-12-24-15/h6-7,9-10,15,20H,4-5,8,11-13H2,1-3H3,(H,19,21)/t15-/m1/s1. The summed E-state index contributed by atoms with van der Waals surface area (Å²) < 4.78 is 32.6. The highest BCUT2D eigenvalue weighted by molar-refractivity contribution is 7.89. The van der Waals surface area contributed by atoms with E-state index < -0.39 is 15.6 Å². The fourth-order valence-electron chi connectivity index (χ4n) is 2.68. The maximum Gasteiger partial charge on any atom is 0.241 e. The SMILES string of the molecule is CC(C)(C)NS(=O)(=O)c1ccc(CCC(=O)NC[C@H]2CCCO2)cc1. The lowest BCUT2D eigenvalue weighted by molar-refractivity contribution is -0.121. The number of amides is 1. The summed E-state index contributed by atoms with van der Waals surface area (Å²) in [6.07, 6.45) is 3.14. The molecule has 1 saturated heterocycles. The zero-order valence-corrected chi connectivity index (χ0v) is 16.0. The van der Waals surface area contributed by atoms with Crippen molar-refractivity contribution in [3.05, 3.63) is 29.8 Å². The monoisotopic (exact) mass is 368 g/mol. The molecule has 0 bridgehead atoms. The Bertz CT molecular complexity index is 672. The molecule has 0 radical (unpaired) electrons. The minimum absolute atomic E-state index is 0.0124. The molecule has 6 nitrogen and oxygen atoms in total. The summed E-state index contributed by atoms with van der Waals surface area (Å²) in [7, 11) is -3.53. The fourth-order valence-corrected chi connectivity index (χ4v) is 4.09. The molecule has 1 aromatic rings. The van der Waals surface area contributed by atoms with E-state index in [1.165, 1.54) is 0 Å². The van der Waals surface area contributed by atoms with Crippen molar-refractivity contribution >= 4 is 15.9 Å². The van der Waals surface area contributed by atoms with Crippen LogP contribution < -0.4 is 10.0 Å². The summed E-state index contributed by atoms with van der Waals surface area (Å²) >= 11 is 0. The highest BCUT2D eigenvalue weighted by atomic mass is 32.2. The van der Waals surface area contributed by atoms with Gasteiger partial charge in [0.1, 0.15) is 0 Å². The van der Waals surface area contributed by atoms with Crippen LogP contribution in [0.25, 0.3) is 0 Å². The van der Waals surface area contributed by atoms with Crippen LogP contribution in [0.15, 0.2) is 29.2 Å². The quantitative estimate of drug-likeness (QED) is 0.771. The molecular formula is C18H28N2O4S. The maximum atomic E-state index is 12.2. The van der Waals surface area contributed by atoms with E-state index in [1.807, 2.05) is 0 Å². The van der Waals surface area contributed by atoms with Crippen LogP contribution >= 0.6 is 0 Å². The lowest BCUT2D eigenvalue weighted by Crippen LogP contribution is -2.40. The molecule has 1 amide bonds. The minimum atomic E-state index is -3.53. The van der Waals surface area contributed by atoms with Crippen molar-refractivity contribution in [2.24, 2.45) is 0 Å². The molecule has 0 saturated carbocycles. The van der Waals surface area contributed by atoms with Crippen LogP contribution in [0.1, 0.15) is 45.6 Å². The molecule has 0 unspecified atom stereocenters. The summed E-state index contributed by atoms with van der Waals surface area (Å²) in [6.45, 7) is 6.74. The Morgan fingerprint density at radius 3 is 2.48 bits per heavy atom. The largest absolute Gasteiger partial charge is 0.376 e. The van der Waals surface area contributed by atoms with E-state index in [2.05, 4.69) is 10.0 Å². The third-order valence-corrected chi connectivity index (χ3v) is 5.64. The van der Waals surface area contributed by atoms with E-state index in [0.29, 0.717) is 19.4 Å². The molecule has 1 fully saturated rings. The first-order chi connectivity index (χ1) is 11.7. The van der Waals surface area contributed by atoms with Crippen molar-refractivity contribution in [2.45, 2.75) is 63.0 Å². The van der Waals surface area contributed by atoms with Crippen molar-refractivity contribution in [2.75, 3.05) is 13.2 Å². The van der Waals surface area contributed by atoms with Crippen molar-refractivity contribution in [1.29, 1.82) is 0 Å². The average molecular weight is 368 g/mol. The molecular weight excluding hydrogens is 340 g/mol. The Balaban J connectivity index is 1.82. The van der Waals surface area contributed by atoms with Gasteiger partial charge in [0, 0.05) is 25.1 Å². The van der Waals surface area contributed by atoms with Gasteiger partial charge in [0.05, 0.1) is 11.0 Å². The molecule has 1 aliphatic heterocycles. The van der Waals surface area contributed by atoms with E-state index in [-0.39, 0.29) is 16.9 Å². The number of carbonyl (C=O) groups excluding carboxylic acids is 1. The van der Waals surface area contributed by atoms with Gasteiger partial charge >= 0.3 is 0 Å². The Morgan fingerprint density at radius 1 is 1.24 bits per heavy atom. The number of hydrogen-bond donors (Lipinski definition) is 2. The fraction of sp³-hybridized carbons (Fsp3) is 0.611.